The van der Waals surface area contributed by atoms with Gasteiger partial charge in [-0.1, -0.05) is 0 Å². The SMILES string of the molecule is Cn1nc(C2CCCOC2)cc1CO. The first-order valence-electron chi connectivity index (χ1n) is 5.02. The molecule has 1 saturated heterocycles. The first-order chi connectivity index (χ1) is 6.81. The zero-order chi connectivity index (χ0) is 9.97. The van der Waals surface area contributed by atoms with E-state index in [-0.39, 0.29) is 6.61 Å². The van der Waals surface area contributed by atoms with Crippen LogP contribution in [0.5, 0.6) is 0 Å². The molecule has 0 aromatic carbocycles. The van der Waals surface area contributed by atoms with E-state index in [0.29, 0.717) is 5.92 Å². The fourth-order valence-electron chi connectivity index (χ4n) is 1.85. The zero-order valence-corrected chi connectivity index (χ0v) is 8.44. The molecule has 1 N–H and O–H groups in total. The molecule has 4 nitrogen and oxygen atoms in total. The second-order valence-electron chi connectivity index (χ2n) is 3.76. The van der Waals surface area contributed by atoms with Crippen LogP contribution in [-0.4, -0.2) is 28.1 Å². The highest BCUT2D eigenvalue weighted by molar-refractivity contribution is 5.14. The number of aliphatic hydroxyl groups excluding tert-OH is 1. The van der Waals surface area contributed by atoms with Gasteiger partial charge in [0.15, 0.2) is 0 Å². The average Bonchev–Trinajstić information content (AvgIpc) is 2.61. The number of nitrogens with zero attached hydrogens (tertiary/aromatic N) is 2. The van der Waals surface area contributed by atoms with Crippen LogP contribution >= 0.6 is 0 Å². The van der Waals surface area contributed by atoms with Gasteiger partial charge in [-0.2, -0.15) is 5.10 Å². The molecule has 0 bridgehead atoms. The van der Waals surface area contributed by atoms with E-state index in [1.165, 1.54) is 0 Å². The van der Waals surface area contributed by atoms with Crippen molar-refractivity contribution in [1.29, 1.82) is 0 Å². The molecule has 0 spiro atoms. The van der Waals surface area contributed by atoms with E-state index >= 15 is 0 Å². The third-order valence-electron chi connectivity index (χ3n) is 2.74. The summed E-state index contributed by atoms with van der Waals surface area (Å²) in [5.41, 5.74) is 1.92. The summed E-state index contributed by atoms with van der Waals surface area (Å²) in [7, 11) is 1.86. The molecule has 0 saturated carbocycles. The van der Waals surface area contributed by atoms with E-state index in [2.05, 4.69) is 5.10 Å². The summed E-state index contributed by atoms with van der Waals surface area (Å²) in [4.78, 5) is 0. The van der Waals surface area contributed by atoms with Crippen LogP contribution in [0.3, 0.4) is 0 Å². The highest BCUT2D eigenvalue weighted by Crippen LogP contribution is 2.24. The number of aryl methyl sites for hydroxylation is 1. The zero-order valence-electron chi connectivity index (χ0n) is 8.44. The predicted octanol–water partition coefficient (Wildman–Crippen LogP) is 0.806. The fraction of sp³-hybridized carbons (Fsp3) is 0.700. The van der Waals surface area contributed by atoms with Gasteiger partial charge in [-0.3, -0.25) is 4.68 Å². The van der Waals surface area contributed by atoms with Crippen molar-refractivity contribution in [3.8, 4) is 0 Å². The summed E-state index contributed by atoms with van der Waals surface area (Å²) in [6.07, 6.45) is 2.25. The molecular formula is C10H16N2O2. The number of aromatic nitrogens is 2. The van der Waals surface area contributed by atoms with Crippen molar-refractivity contribution >= 4 is 0 Å². The van der Waals surface area contributed by atoms with Crippen molar-refractivity contribution in [3.63, 3.8) is 0 Å². The van der Waals surface area contributed by atoms with Gasteiger partial charge in [-0.15, -0.1) is 0 Å². The second-order valence-corrected chi connectivity index (χ2v) is 3.76. The standard InChI is InChI=1S/C10H16N2O2/c1-12-9(6-13)5-10(11-12)8-3-2-4-14-7-8/h5,8,13H,2-4,6-7H2,1H3. The molecule has 1 aromatic heterocycles. The molecule has 1 unspecified atom stereocenters. The number of ether oxygens (including phenoxy) is 1. The summed E-state index contributed by atoms with van der Waals surface area (Å²) in [5, 5.41) is 13.4. The van der Waals surface area contributed by atoms with Gasteiger partial charge in [-0.05, 0) is 18.9 Å². The largest absolute Gasteiger partial charge is 0.390 e. The predicted molar refractivity (Wildman–Crippen MR) is 51.9 cm³/mol. The van der Waals surface area contributed by atoms with E-state index < -0.39 is 0 Å². The van der Waals surface area contributed by atoms with Gasteiger partial charge in [0.2, 0.25) is 0 Å². The molecule has 0 radical (unpaired) electrons. The van der Waals surface area contributed by atoms with Gasteiger partial charge >= 0.3 is 0 Å². The summed E-state index contributed by atoms with van der Waals surface area (Å²) in [6, 6.07) is 1.97. The first-order valence-corrected chi connectivity index (χ1v) is 5.02. The van der Waals surface area contributed by atoms with E-state index in [1.807, 2.05) is 13.1 Å². The Hall–Kier alpha value is -0.870. The summed E-state index contributed by atoms with van der Waals surface area (Å²) in [6.45, 7) is 1.69. The summed E-state index contributed by atoms with van der Waals surface area (Å²) >= 11 is 0. The van der Waals surface area contributed by atoms with Crippen LogP contribution in [0.25, 0.3) is 0 Å². The van der Waals surface area contributed by atoms with Crippen LogP contribution < -0.4 is 0 Å². The van der Waals surface area contributed by atoms with Crippen molar-refractivity contribution < 1.29 is 9.84 Å². The molecule has 0 amide bonds. The minimum Gasteiger partial charge on any atom is -0.390 e. The van der Waals surface area contributed by atoms with E-state index in [4.69, 9.17) is 9.84 Å². The number of aliphatic hydroxyl groups is 1. The van der Waals surface area contributed by atoms with Crippen LogP contribution in [0.2, 0.25) is 0 Å². The molecule has 2 heterocycles. The molecule has 0 aliphatic carbocycles. The lowest BCUT2D eigenvalue weighted by Gasteiger charge is -2.19. The smallest absolute Gasteiger partial charge is 0.0849 e. The molecule has 14 heavy (non-hydrogen) atoms. The van der Waals surface area contributed by atoms with Crippen LogP contribution in [-0.2, 0) is 18.4 Å². The van der Waals surface area contributed by atoms with Gasteiger partial charge in [0, 0.05) is 19.6 Å². The highest BCUT2D eigenvalue weighted by atomic mass is 16.5. The van der Waals surface area contributed by atoms with Crippen LogP contribution in [0, 0.1) is 0 Å². The lowest BCUT2D eigenvalue weighted by molar-refractivity contribution is 0.0791. The molecule has 1 aliphatic rings. The molecule has 78 valence electrons. The van der Waals surface area contributed by atoms with Crippen molar-refractivity contribution in [2.75, 3.05) is 13.2 Å². The van der Waals surface area contributed by atoms with Crippen LogP contribution in [0.4, 0.5) is 0 Å². The second kappa shape index (κ2) is 4.11. The van der Waals surface area contributed by atoms with Gasteiger partial charge < -0.3 is 9.84 Å². The lowest BCUT2D eigenvalue weighted by atomic mass is 9.99. The Balaban J connectivity index is 2.14. The average molecular weight is 196 g/mol. The van der Waals surface area contributed by atoms with Gasteiger partial charge in [0.05, 0.1) is 24.6 Å². The minimum absolute atomic E-state index is 0.0527. The summed E-state index contributed by atoms with van der Waals surface area (Å²) in [5.74, 6) is 0.412. The normalized spacial score (nSPS) is 22.6. The number of rotatable bonds is 2. The lowest BCUT2D eigenvalue weighted by Crippen LogP contribution is -2.16. The van der Waals surface area contributed by atoms with Gasteiger partial charge in [0.1, 0.15) is 0 Å². The van der Waals surface area contributed by atoms with Gasteiger partial charge in [0.25, 0.3) is 0 Å². The molecule has 1 fully saturated rings. The van der Waals surface area contributed by atoms with Crippen LogP contribution in [0.15, 0.2) is 6.07 Å². The maximum Gasteiger partial charge on any atom is 0.0849 e. The quantitative estimate of drug-likeness (QED) is 0.761. The van der Waals surface area contributed by atoms with Crippen molar-refractivity contribution in [3.05, 3.63) is 17.5 Å². The Labute approximate surface area is 83.5 Å². The van der Waals surface area contributed by atoms with E-state index in [0.717, 1.165) is 37.4 Å². The molecule has 2 rings (SSSR count). The van der Waals surface area contributed by atoms with Crippen molar-refractivity contribution in [2.45, 2.75) is 25.4 Å². The van der Waals surface area contributed by atoms with Crippen molar-refractivity contribution in [2.24, 2.45) is 7.05 Å². The fourth-order valence-corrected chi connectivity index (χ4v) is 1.85. The topological polar surface area (TPSA) is 47.3 Å². The Morgan fingerprint density at radius 1 is 1.71 bits per heavy atom. The Bertz CT molecular complexity index is 303. The van der Waals surface area contributed by atoms with Crippen molar-refractivity contribution in [1.82, 2.24) is 9.78 Å². The Morgan fingerprint density at radius 3 is 3.14 bits per heavy atom. The maximum absolute atomic E-state index is 9.04. The Kier molecular flexibility index (Phi) is 2.84. The van der Waals surface area contributed by atoms with Gasteiger partial charge in [-0.25, -0.2) is 0 Å². The first kappa shape index (κ1) is 9.68. The third-order valence-corrected chi connectivity index (χ3v) is 2.74. The van der Waals surface area contributed by atoms with E-state index in [9.17, 15) is 0 Å². The maximum atomic E-state index is 9.04. The number of hydrogen-bond donors (Lipinski definition) is 1. The molecule has 1 atom stereocenters. The van der Waals surface area contributed by atoms with E-state index in [1.54, 1.807) is 4.68 Å². The molecule has 4 heteroatoms. The molecular weight excluding hydrogens is 180 g/mol. The Morgan fingerprint density at radius 2 is 2.57 bits per heavy atom. The summed E-state index contributed by atoms with van der Waals surface area (Å²) < 4.78 is 7.15. The van der Waals surface area contributed by atoms with Crippen LogP contribution in [0.1, 0.15) is 30.1 Å². The number of hydrogen-bond acceptors (Lipinski definition) is 3. The highest BCUT2D eigenvalue weighted by Gasteiger charge is 2.19. The third kappa shape index (κ3) is 1.81. The molecule has 1 aliphatic heterocycles. The monoisotopic (exact) mass is 196 g/mol. The molecule has 1 aromatic rings. The minimum atomic E-state index is 0.0527.